The number of amides is 1. The van der Waals surface area contributed by atoms with Crippen molar-refractivity contribution >= 4 is 5.91 Å². The van der Waals surface area contributed by atoms with Crippen LogP contribution in [0.1, 0.15) is 33.0 Å². The average molecular weight is 239 g/mol. The van der Waals surface area contributed by atoms with Crippen molar-refractivity contribution in [1.82, 2.24) is 20.5 Å². The maximum atomic E-state index is 11.6. The number of H-pyrrole nitrogens is 1. The Kier molecular flexibility index (Phi) is 4.62. The number of nitrogens with zero attached hydrogens (tertiary/aromatic N) is 2. The molecule has 6 heteroatoms. The number of hydrogen-bond acceptors (Lipinski definition) is 4. The summed E-state index contributed by atoms with van der Waals surface area (Å²) in [6.07, 6.45) is 2.45. The Balaban J connectivity index is 2.22. The van der Waals surface area contributed by atoms with E-state index in [2.05, 4.69) is 20.5 Å². The highest BCUT2D eigenvalue weighted by Gasteiger charge is 2.22. The third kappa shape index (κ3) is 4.95. The molecule has 0 aliphatic carbocycles. The SMILES string of the molecule is CC(C)(C)C(N)CC(=O)NCCc1ncn[nH]1. The summed E-state index contributed by atoms with van der Waals surface area (Å²) >= 11 is 0. The van der Waals surface area contributed by atoms with E-state index >= 15 is 0 Å². The summed E-state index contributed by atoms with van der Waals surface area (Å²) in [6, 6.07) is -0.132. The monoisotopic (exact) mass is 239 g/mol. The fourth-order valence-electron chi connectivity index (χ4n) is 1.25. The third-order valence-corrected chi connectivity index (χ3v) is 2.67. The van der Waals surface area contributed by atoms with Crippen molar-refractivity contribution in [2.45, 2.75) is 39.7 Å². The number of carbonyl (C=O) groups is 1. The molecule has 96 valence electrons. The molecule has 0 bridgehead atoms. The summed E-state index contributed by atoms with van der Waals surface area (Å²) in [4.78, 5) is 15.6. The van der Waals surface area contributed by atoms with E-state index in [0.717, 1.165) is 5.82 Å². The molecule has 0 spiro atoms. The molecular formula is C11H21N5O. The molecule has 1 heterocycles. The van der Waals surface area contributed by atoms with Crippen LogP contribution in [0.2, 0.25) is 0 Å². The second-order valence-corrected chi connectivity index (χ2v) is 5.21. The minimum Gasteiger partial charge on any atom is -0.356 e. The first-order valence-corrected chi connectivity index (χ1v) is 5.76. The van der Waals surface area contributed by atoms with E-state index in [1.807, 2.05) is 20.8 Å². The number of nitrogens with two attached hydrogens (primary N) is 1. The van der Waals surface area contributed by atoms with Crippen LogP contribution in [0.4, 0.5) is 0 Å². The zero-order chi connectivity index (χ0) is 12.9. The molecule has 17 heavy (non-hydrogen) atoms. The largest absolute Gasteiger partial charge is 0.356 e. The summed E-state index contributed by atoms with van der Waals surface area (Å²) < 4.78 is 0. The van der Waals surface area contributed by atoms with Crippen LogP contribution in [0.5, 0.6) is 0 Å². The lowest BCUT2D eigenvalue weighted by Crippen LogP contribution is -2.40. The first-order chi connectivity index (χ1) is 7.89. The lowest BCUT2D eigenvalue weighted by atomic mass is 9.85. The summed E-state index contributed by atoms with van der Waals surface area (Å²) in [6.45, 7) is 6.63. The Hall–Kier alpha value is -1.43. The Morgan fingerprint density at radius 2 is 2.29 bits per heavy atom. The van der Waals surface area contributed by atoms with Gasteiger partial charge < -0.3 is 11.1 Å². The number of rotatable bonds is 5. The Morgan fingerprint density at radius 3 is 2.82 bits per heavy atom. The van der Waals surface area contributed by atoms with Gasteiger partial charge in [-0.3, -0.25) is 9.89 Å². The van der Waals surface area contributed by atoms with Gasteiger partial charge in [0.2, 0.25) is 5.91 Å². The Bertz CT molecular complexity index is 341. The van der Waals surface area contributed by atoms with Gasteiger partial charge in [-0.2, -0.15) is 5.10 Å². The molecule has 0 fully saturated rings. The van der Waals surface area contributed by atoms with Crippen LogP contribution in [0.25, 0.3) is 0 Å². The second-order valence-electron chi connectivity index (χ2n) is 5.21. The molecule has 1 unspecified atom stereocenters. The standard InChI is InChI=1S/C11H21N5O/c1-11(2,3)8(12)6-10(17)13-5-4-9-14-7-15-16-9/h7-8H,4-6,12H2,1-3H3,(H,13,17)(H,14,15,16). The van der Waals surface area contributed by atoms with Gasteiger partial charge in [-0.05, 0) is 5.41 Å². The van der Waals surface area contributed by atoms with Crippen molar-refractivity contribution < 1.29 is 4.79 Å². The molecule has 0 aliphatic heterocycles. The average Bonchev–Trinajstić information content (AvgIpc) is 2.69. The van der Waals surface area contributed by atoms with Crippen LogP contribution < -0.4 is 11.1 Å². The minimum absolute atomic E-state index is 0.0214. The number of aromatic nitrogens is 3. The quantitative estimate of drug-likeness (QED) is 0.685. The van der Waals surface area contributed by atoms with Crippen LogP contribution in [0.15, 0.2) is 6.33 Å². The Labute approximate surface area is 101 Å². The highest BCUT2D eigenvalue weighted by molar-refractivity contribution is 5.76. The van der Waals surface area contributed by atoms with Gasteiger partial charge in [0.25, 0.3) is 0 Å². The summed E-state index contributed by atoms with van der Waals surface area (Å²) in [5.41, 5.74) is 5.88. The van der Waals surface area contributed by atoms with Crippen LogP contribution in [0.3, 0.4) is 0 Å². The number of nitrogens with one attached hydrogen (secondary N) is 2. The van der Waals surface area contributed by atoms with Gasteiger partial charge in [0.05, 0.1) is 0 Å². The van der Waals surface area contributed by atoms with Crippen molar-refractivity contribution in [2.24, 2.45) is 11.1 Å². The summed E-state index contributed by atoms with van der Waals surface area (Å²) in [5.74, 6) is 0.748. The normalized spacial score (nSPS) is 13.4. The lowest BCUT2D eigenvalue weighted by Gasteiger charge is -2.26. The molecule has 0 saturated heterocycles. The van der Waals surface area contributed by atoms with Gasteiger partial charge in [0, 0.05) is 25.4 Å². The topological polar surface area (TPSA) is 96.7 Å². The summed E-state index contributed by atoms with van der Waals surface area (Å²) in [7, 11) is 0. The molecule has 0 aromatic carbocycles. The van der Waals surface area contributed by atoms with Crippen molar-refractivity contribution in [3.05, 3.63) is 12.2 Å². The molecule has 1 aromatic heterocycles. The van der Waals surface area contributed by atoms with E-state index in [9.17, 15) is 4.79 Å². The van der Waals surface area contributed by atoms with Crippen LogP contribution in [-0.4, -0.2) is 33.7 Å². The highest BCUT2D eigenvalue weighted by atomic mass is 16.1. The molecule has 6 nitrogen and oxygen atoms in total. The molecule has 1 atom stereocenters. The fourth-order valence-corrected chi connectivity index (χ4v) is 1.25. The van der Waals surface area contributed by atoms with Crippen molar-refractivity contribution in [2.75, 3.05) is 6.54 Å². The van der Waals surface area contributed by atoms with Crippen LogP contribution in [0, 0.1) is 5.41 Å². The molecule has 0 radical (unpaired) electrons. The number of hydrogen-bond donors (Lipinski definition) is 3. The van der Waals surface area contributed by atoms with Crippen molar-refractivity contribution in [3.63, 3.8) is 0 Å². The van der Waals surface area contributed by atoms with Gasteiger partial charge in [-0.1, -0.05) is 20.8 Å². The number of carbonyl (C=O) groups excluding carboxylic acids is 1. The molecule has 1 rings (SSSR count). The smallest absolute Gasteiger partial charge is 0.221 e. The van der Waals surface area contributed by atoms with E-state index in [1.54, 1.807) is 0 Å². The zero-order valence-corrected chi connectivity index (χ0v) is 10.7. The summed E-state index contributed by atoms with van der Waals surface area (Å²) in [5, 5.41) is 9.29. The predicted octanol–water partition coefficient (Wildman–Crippen LogP) is 0.227. The van der Waals surface area contributed by atoms with E-state index in [1.165, 1.54) is 6.33 Å². The van der Waals surface area contributed by atoms with Crippen LogP contribution >= 0.6 is 0 Å². The molecule has 4 N–H and O–H groups in total. The van der Waals surface area contributed by atoms with Gasteiger partial charge in [-0.25, -0.2) is 4.98 Å². The van der Waals surface area contributed by atoms with Crippen molar-refractivity contribution in [1.29, 1.82) is 0 Å². The minimum atomic E-state index is -0.132. The first-order valence-electron chi connectivity index (χ1n) is 5.76. The van der Waals surface area contributed by atoms with Gasteiger partial charge in [0.15, 0.2) is 0 Å². The molecule has 1 aromatic rings. The van der Waals surface area contributed by atoms with Crippen molar-refractivity contribution in [3.8, 4) is 0 Å². The first kappa shape index (κ1) is 13.6. The van der Waals surface area contributed by atoms with E-state index in [0.29, 0.717) is 19.4 Å². The molecule has 0 saturated carbocycles. The maximum absolute atomic E-state index is 11.6. The number of aromatic amines is 1. The maximum Gasteiger partial charge on any atom is 0.221 e. The third-order valence-electron chi connectivity index (χ3n) is 2.67. The Morgan fingerprint density at radius 1 is 1.59 bits per heavy atom. The van der Waals surface area contributed by atoms with Gasteiger partial charge >= 0.3 is 0 Å². The highest BCUT2D eigenvalue weighted by Crippen LogP contribution is 2.19. The predicted molar refractivity (Wildman–Crippen MR) is 65.1 cm³/mol. The van der Waals surface area contributed by atoms with E-state index < -0.39 is 0 Å². The van der Waals surface area contributed by atoms with E-state index in [-0.39, 0.29) is 17.4 Å². The van der Waals surface area contributed by atoms with Gasteiger partial charge in [0.1, 0.15) is 12.2 Å². The van der Waals surface area contributed by atoms with Gasteiger partial charge in [-0.15, -0.1) is 0 Å². The second kappa shape index (κ2) is 5.77. The zero-order valence-electron chi connectivity index (χ0n) is 10.7. The lowest BCUT2D eigenvalue weighted by molar-refractivity contribution is -0.121. The van der Waals surface area contributed by atoms with Crippen LogP contribution in [-0.2, 0) is 11.2 Å². The molecule has 1 amide bonds. The molecular weight excluding hydrogens is 218 g/mol. The fraction of sp³-hybridized carbons (Fsp3) is 0.727. The molecule has 0 aliphatic rings. The van der Waals surface area contributed by atoms with E-state index in [4.69, 9.17) is 5.73 Å².